The Morgan fingerprint density at radius 3 is 2.61 bits per heavy atom. The van der Waals surface area contributed by atoms with Gasteiger partial charge in [-0.1, -0.05) is 24.3 Å². The highest BCUT2D eigenvalue weighted by Crippen LogP contribution is 2.15. The number of nitrogens with one attached hydrogen (secondary N) is 2. The summed E-state index contributed by atoms with van der Waals surface area (Å²) in [6.45, 7) is 3.12. The lowest BCUT2D eigenvalue weighted by Gasteiger charge is -2.18. The van der Waals surface area contributed by atoms with Crippen molar-refractivity contribution >= 4 is 40.8 Å². The van der Waals surface area contributed by atoms with Crippen molar-refractivity contribution in [2.45, 2.75) is 19.6 Å². The molecule has 1 unspecified atom stereocenters. The van der Waals surface area contributed by atoms with Crippen molar-refractivity contribution in [1.82, 2.24) is 15.6 Å². The van der Waals surface area contributed by atoms with E-state index in [1.165, 1.54) is 12.1 Å². The zero-order chi connectivity index (χ0) is 19.1. The predicted molar refractivity (Wildman–Crippen MR) is 122 cm³/mol. The summed E-state index contributed by atoms with van der Waals surface area (Å²) in [5, 5.41) is 7.65. The van der Waals surface area contributed by atoms with E-state index in [1.807, 2.05) is 31.2 Å². The van der Waals surface area contributed by atoms with Crippen molar-refractivity contribution in [3.05, 3.63) is 72.2 Å². The van der Waals surface area contributed by atoms with Crippen molar-refractivity contribution in [2.24, 2.45) is 4.99 Å². The summed E-state index contributed by atoms with van der Waals surface area (Å²) in [7, 11) is 1.72. The molecule has 148 valence electrons. The highest BCUT2D eigenvalue weighted by atomic mass is 127. The third kappa shape index (κ3) is 6.05. The fraction of sp³-hybridized carbons (Fsp3) is 0.238. The van der Waals surface area contributed by atoms with E-state index in [2.05, 4.69) is 26.7 Å². The summed E-state index contributed by atoms with van der Waals surface area (Å²) in [5.74, 6) is 1.04. The highest BCUT2D eigenvalue weighted by Gasteiger charge is 2.07. The number of guanidine groups is 1. The summed E-state index contributed by atoms with van der Waals surface area (Å²) < 4.78 is 18.7. The minimum absolute atomic E-state index is 0. The number of ether oxygens (including phenoxy) is 1. The van der Waals surface area contributed by atoms with E-state index >= 15 is 0 Å². The van der Waals surface area contributed by atoms with Gasteiger partial charge in [-0.25, -0.2) is 4.39 Å². The maximum absolute atomic E-state index is 12.9. The Bertz CT molecular complexity index is 912. The van der Waals surface area contributed by atoms with E-state index in [-0.39, 0.29) is 35.9 Å². The number of fused-ring (bicyclic) bond motifs is 1. The molecule has 0 aliphatic carbocycles. The average molecular weight is 494 g/mol. The summed E-state index contributed by atoms with van der Waals surface area (Å²) in [4.78, 5) is 8.71. The van der Waals surface area contributed by atoms with Crippen LogP contribution in [0.1, 0.15) is 12.5 Å². The molecule has 0 saturated carbocycles. The number of aliphatic imine (C=N–C) groups is 1. The number of aromatic nitrogens is 1. The first-order valence-electron chi connectivity index (χ1n) is 8.85. The van der Waals surface area contributed by atoms with Gasteiger partial charge in [-0.15, -0.1) is 24.0 Å². The summed E-state index contributed by atoms with van der Waals surface area (Å²) >= 11 is 0. The van der Waals surface area contributed by atoms with Crippen LogP contribution in [0.2, 0.25) is 0 Å². The van der Waals surface area contributed by atoms with Gasteiger partial charge >= 0.3 is 0 Å². The molecule has 0 aliphatic heterocycles. The molecule has 0 radical (unpaired) electrons. The van der Waals surface area contributed by atoms with E-state index in [4.69, 9.17) is 4.74 Å². The topological polar surface area (TPSA) is 58.5 Å². The van der Waals surface area contributed by atoms with Gasteiger partial charge in [0.1, 0.15) is 17.7 Å². The third-order valence-corrected chi connectivity index (χ3v) is 4.09. The molecule has 3 aromatic rings. The Hall–Kier alpha value is -2.42. The maximum atomic E-state index is 12.9. The molecular formula is C21H24FIN4O. The summed E-state index contributed by atoms with van der Waals surface area (Å²) in [6, 6.07) is 16.1. The molecule has 1 atom stereocenters. The van der Waals surface area contributed by atoms with Gasteiger partial charge in [-0.3, -0.25) is 9.98 Å². The molecule has 0 fully saturated rings. The second-order valence-corrected chi connectivity index (χ2v) is 6.18. The molecule has 0 amide bonds. The van der Waals surface area contributed by atoms with E-state index < -0.39 is 0 Å². The molecule has 0 aliphatic rings. The van der Waals surface area contributed by atoms with Crippen molar-refractivity contribution in [3.8, 4) is 5.75 Å². The highest BCUT2D eigenvalue weighted by molar-refractivity contribution is 14.0. The van der Waals surface area contributed by atoms with Crippen LogP contribution in [0.4, 0.5) is 4.39 Å². The summed E-state index contributed by atoms with van der Waals surface area (Å²) in [6.07, 6.45) is 1.70. The van der Waals surface area contributed by atoms with Gasteiger partial charge in [0.25, 0.3) is 0 Å². The lowest BCUT2D eigenvalue weighted by Crippen LogP contribution is -2.41. The second-order valence-electron chi connectivity index (χ2n) is 6.18. The molecule has 28 heavy (non-hydrogen) atoms. The number of halogens is 2. The van der Waals surface area contributed by atoms with E-state index in [1.54, 1.807) is 25.4 Å². The van der Waals surface area contributed by atoms with Crippen LogP contribution in [-0.2, 0) is 6.54 Å². The number of para-hydroxylation sites is 1. The maximum Gasteiger partial charge on any atom is 0.191 e. The lowest BCUT2D eigenvalue weighted by molar-refractivity contribution is 0.223. The SMILES string of the molecule is CN=C(NCc1cccc2cccnc12)NCC(C)Oc1ccc(F)cc1.I. The number of hydrogen-bond acceptors (Lipinski definition) is 3. The average Bonchev–Trinajstić information content (AvgIpc) is 2.70. The molecular weight excluding hydrogens is 470 g/mol. The van der Waals surface area contributed by atoms with Gasteiger partial charge < -0.3 is 15.4 Å². The minimum atomic E-state index is -0.277. The zero-order valence-electron chi connectivity index (χ0n) is 15.9. The van der Waals surface area contributed by atoms with Gasteiger partial charge in [0.15, 0.2) is 5.96 Å². The molecule has 0 spiro atoms. The van der Waals surface area contributed by atoms with Crippen molar-refractivity contribution < 1.29 is 9.13 Å². The minimum Gasteiger partial charge on any atom is -0.489 e. The summed E-state index contributed by atoms with van der Waals surface area (Å²) in [5.41, 5.74) is 2.09. The van der Waals surface area contributed by atoms with Crippen LogP contribution in [0.15, 0.2) is 65.8 Å². The van der Waals surface area contributed by atoms with Crippen LogP contribution >= 0.6 is 24.0 Å². The van der Waals surface area contributed by atoms with Crippen LogP contribution in [0, 0.1) is 5.82 Å². The third-order valence-electron chi connectivity index (χ3n) is 4.09. The molecule has 2 N–H and O–H groups in total. The van der Waals surface area contributed by atoms with Gasteiger partial charge in [-0.05, 0) is 42.8 Å². The number of hydrogen-bond donors (Lipinski definition) is 2. The van der Waals surface area contributed by atoms with Gasteiger partial charge in [0.2, 0.25) is 0 Å². The molecule has 3 rings (SSSR count). The van der Waals surface area contributed by atoms with Gasteiger partial charge in [0, 0.05) is 25.2 Å². The number of benzene rings is 2. The Morgan fingerprint density at radius 1 is 1.11 bits per heavy atom. The van der Waals surface area contributed by atoms with E-state index in [0.29, 0.717) is 24.8 Å². The first kappa shape index (κ1) is 21.9. The largest absolute Gasteiger partial charge is 0.489 e. The van der Waals surface area contributed by atoms with Crippen LogP contribution in [0.5, 0.6) is 5.75 Å². The smallest absolute Gasteiger partial charge is 0.191 e. The Morgan fingerprint density at radius 2 is 1.86 bits per heavy atom. The fourth-order valence-electron chi connectivity index (χ4n) is 2.74. The van der Waals surface area contributed by atoms with Crippen LogP contribution < -0.4 is 15.4 Å². The molecule has 1 heterocycles. The lowest BCUT2D eigenvalue weighted by atomic mass is 10.1. The quantitative estimate of drug-likeness (QED) is 0.308. The van der Waals surface area contributed by atoms with Crippen LogP contribution in [0.25, 0.3) is 10.9 Å². The first-order chi connectivity index (χ1) is 13.2. The standard InChI is InChI=1S/C21H23FN4O.HI/c1-15(27-19-10-8-18(22)9-11-19)13-25-21(23-2)26-14-17-6-3-5-16-7-4-12-24-20(16)17;/h3-12,15H,13-14H2,1-2H3,(H2,23,25,26);1H. The molecule has 5 nitrogen and oxygen atoms in total. The molecule has 0 bridgehead atoms. The normalized spacial score (nSPS) is 12.2. The Balaban J connectivity index is 0.00000280. The Kier molecular flexibility index (Phi) is 8.43. The number of rotatable bonds is 6. The molecule has 7 heteroatoms. The van der Waals surface area contributed by atoms with Crippen molar-refractivity contribution in [3.63, 3.8) is 0 Å². The molecule has 1 aromatic heterocycles. The predicted octanol–water partition coefficient (Wildman–Crippen LogP) is 4.12. The molecule has 2 aromatic carbocycles. The van der Waals surface area contributed by atoms with E-state index in [0.717, 1.165) is 16.5 Å². The molecule has 0 saturated heterocycles. The number of nitrogens with zero attached hydrogens (tertiary/aromatic N) is 2. The van der Waals surface area contributed by atoms with Gasteiger partial charge in [0.05, 0.1) is 12.1 Å². The van der Waals surface area contributed by atoms with E-state index in [9.17, 15) is 4.39 Å². The fourth-order valence-corrected chi connectivity index (χ4v) is 2.74. The van der Waals surface area contributed by atoms with Crippen LogP contribution in [0.3, 0.4) is 0 Å². The number of pyridine rings is 1. The monoisotopic (exact) mass is 494 g/mol. The van der Waals surface area contributed by atoms with Crippen molar-refractivity contribution in [2.75, 3.05) is 13.6 Å². The van der Waals surface area contributed by atoms with Gasteiger partial charge in [-0.2, -0.15) is 0 Å². The second kappa shape index (κ2) is 10.8. The Labute approximate surface area is 181 Å². The van der Waals surface area contributed by atoms with Crippen LogP contribution in [-0.4, -0.2) is 30.6 Å². The zero-order valence-corrected chi connectivity index (χ0v) is 18.2. The first-order valence-corrected chi connectivity index (χ1v) is 8.85. The van der Waals surface area contributed by atoms with Crippen molar-refractivity contribution in [1.29, 1.82) is 0 Å².